The molecular weight excluding hydrogens is 336 g/mol. The number of anilines is 1. The Kier molecular flexibility index (Phi) is 3.77. The van der Waals surface area contributed by atoms with Crippen LogP contribution in [0.1, 0.15) is 5.56 Å². The van der Waals surface area contributed by atoms with Crippen LogP contribution in [0.2, 0.25) is 0 Å². The molecule has 0 unspecified atom stereocenters. The van der Waals surface area contributed by atoms with Crippen molar-refractivity contribution in [3.05, 3.63) is 70.8 Å². The van der Waals surface area contributed by atoms with Gasteiger partial charge in [-0.05, 0) is 29.8 Å². The molecule has 0 saturated heterocycles. The highest BCUT2D eigenvalue weighted by molar-refractivity contribution is 5.74. The highest BCUT2D eigenvalue weighted by Crippen LogP contribution is 2.22. The van der Waals surface area contributed by atoms with E-state index in [1.54, 1.807) is 36.5 Å². The van der Waals surface area contributed by atoms with Crippen molar-refractivity contribution in [2.24, 2.45) is 7.05 Å². The van der Waals surface area contributed by atoms with Crippen molar-refractivity contribution in [1.29, 1.82) is 0 Å². The minimum absolute atomic E-state index is 0.0402. The van der Waals surface area contributed by atoms with Gasteiger partial charge in [0.05, 0.1) is 17.2 Å². The van der Waals surface area contributed by atoms with E-state index in [0.717, 1.165) is 22.3 Å². The topological polar surface area (TPSA) is 108 Å². The number of benzene rings is 2. The third-order valence-corrected chi connectivity index (χ3v) is 3.92. The molecule has 0 bridgehead atoms. The first-order valence-corrected chi connectivity index (χ1v) is 7.77. The SMILES string of the molecule is Cn1nc2ccc(CN(c3ccc([N+](=O)[O-])cc3)n3cnnc3)cc2n1. The molecule has 0 N–H and O–H groups in total. The van der Waals surface area contributed by atoms with E-state index >= 15 is 0 Å². The summed E-state index contributed by atoms with van der Waals surface area (Å²) in [5.41, 5.74) is 3.44. The summed E-state index contributed by atoms with van der Waals surface area (Å²) >= 11 is 0. The molecule has 0 saturated carbocycles. The van der Waals surface area contributed by atoms with Crippen molar-refractivity contribution < 1.29 is 4.92 Å². The van der Waals surface area contributed by atoms with Crippen LogP contribution in [0, 0.1) is 10.1 Å². The minimum Gasteiger partial charge on any atom is -0.274 e. The summed E-state index contributed by atoms with van der Waals surface area (Å²) < 4.78 is 1.72. The fourth-order valence-corrected chi connectivity index (χ4v) is 2.71. The predicted molar refractivity (Wildman–Crippen MR) is 93.2 cm³/mol. The normalized spacial score (nSPS) is 11.0. The summed E-state index contributed by atoms with van der Waals surface area (Å²) in [5, 5.41) is 29.1. The number of aromatic nitrogens is 6. The van der Waals surface area contributed by atoms with E-state index in [1.165, 1.54) is 16.9 Å². The van der Waals surface area contributed by atoms with Crippen molar-refractivity contribution >= 4 is 22.4 Å². The second-order valence-corrected chi connectivity index (χ2v) is 5.69. The van der Waals surface area contributed by atoms with Gasteiger partial charge in [0.25, 0.3) is 5.69 Å². The Balaban J connectivity index is 1.69. The largest absolute Gasteiger partial charge is 0.274 e. The molecule has 0 aliphatic carbocycles. The Bertz CT molecular complexity index is 1060. The number of fused-ring (bicyclic) bond motifs is 1. The number of nitro benzene ring substituents is 1. The van der Waals surface area contributed by atoms with E-state index in [9.17, 15) is 10.1 Å². The zero-order valence-electron chi connectivity index (χ0n) is 13.8. The lowest BCUT2D eigenvalue weighted by atomic mass is 10.2. The van der Waals surface area contributed by atoms with Crippen LogP contribution in [0.4, 0.5) is 11.4 Å². The zero-order chi connectivity index (χ0) is 18.1. The van der Waals surface area contributed by atoms with Gasteiger partial charge in [-0.2, -0.15) is 15.0 Å². The van der Waals surface area contributed by atoms with Crippen LogP contribution < -0.4 is 5.01 Å². The first kappa shape index (κ1) is 15.7. The lowest BCUT2D eigenvalue weighted by Gasteiger charge is -2.24. The molecule has 0 aliphatic rings. The van der Waals surface area contributed by atoms with Gasteiger partial charge in [-0.3, -0.25) is 15.1 Å². The molecule has 0 amide bonds. The van der Waals surface area contributed by atoms with Crippen LogP contribution in [-0.2, 0) is 13.6 Å². The summed E-state index contributed by atoms with van der Waals surface area (Å²) in [6.45, 7) is 0.502. The molecule has 26 heavy (non-hydrogen) atoms. The average molecular weight is 350 g/mol. The highest BCUT2D eigenvalue weighted by atomic mass is 16.6. The van der Waals surface area contributed by atoms with Crippen LogP contribution in [0.25, 0.3) is 11.0 Å². The Hall–Kier alpha value is -3.82. The number of hydrogen-bond donors (Lipinski definition) is 0. The Morgan fingerprint density at radius 2 is 1.73 bits per heavy atom. The van der Waals surface area contributed by atoms with E-state index < -0.39 is 4.92 Å². The van der Waals surface area contributed by atoms with Gasteiger partial charge in [0.15, 0.2) is 0 Å². The Morgan fingerprint density at radius 1 is 1.04 bits per heavy atom. The Labute approximate surface area is 147 Å². The van der Waals surface area contributed by atoms with E-state index in [0.29, 0.717) is 6.54 Å². The third kappa shape index (κ3) is 2.95. The van der Waals surface area contributed by atoms with Crippen molar-refractivity contribution in [1.82, 2.24) is 29.9 Å². The maximum Gasteiger partial charge on any atom is 0.269 e. The minimum atomic E-state index is -0.422. The molecule has 2 heterocycles. The molecule has 4 rings (SSSR count). The van der Waals surface area contributed by atoms with Crippen LogP contribution in [0.3, 0.4) is 0 Å². The number of nitrogens with zero attached hydrogens (tertiary/aromatic N) is 8. The monoisotopic (exact) mass is 350 g/mol. The number of non-ortho nitro benzene ring substituents is 1. The van der Waals surface area contributed by atoms with Crippen molar-refractivity contribution in [2.45, 2.75) is 6.54 Å². The van der Waals surface area contributed by atoms with Gasteiger partial charge in [-0.15, -0.1) is 10.2 Å². The maximum absolute atomic E-state index is 10.9. The number of aryl methyl sites for hydroxylation is 1. The summed E-state index contributed by atoms with van der Waals surface area (Å²) in [5.74, 6) is 0. The summed E-state index contributed by atoms with van der Waals surface area (Å²) in [4.78, 5) is 12.0. The Morgan fingerprint density at radius 3 is 2.42 bits per heavy atom. The van der Waals surface area contributed by atoms with E-state index in [2.05, 4.69) is 20.4 Å². The molecule has 0 aliphatic heterocycles. The smallest absolute Gasteiger partial charge is 0.269 e. The van der Waals surface area contributed by atoms with E-state index in [1.807, 2.05) is 23.2 Å². The molecule has 0 atom stereocenters. The molecule has 130 valence electrons. The van der Waals surface area contributed by atoms with Gasteiger partial charge < -0.3 is 0 Å². The maximum atomic E-state index is 10.9. The molecule has 0 spiro atoms. The zero-order valence-corrected chi connectivity index (χ0v) is 13.8. The summed E-state index contributed by atoms with van der Waals surface area (Å²) in [6, 6.07) is 12.2. The van der Waals surface area contributed by atoms with Gasteiger partial charge in [-0.1, -0.05) is 6.07 Å². The second kappa shape index (κ2) is 6.24. The van der Waals surface area contributed by atoms with Gasteiger partial charge in [0.1, 0.15) is 23.7 Å². The third-order valence-electron chi connectivity index (χ3n) is 3.92. The van der Waals surface area contributed by atoms with Gasteiger partial charge in [-0.25, -0.2) is 4.68 Å². The van der Waals surface area contributed by atoms with Crippen LogP contribution in [0.5, 0.6) is 0 Å². The van der Waals surface area contributed by atoms with E-state index in [-0.39, 0.29) is 5.69 Å². The molecule has 0 radical (unpaired) electrons. The van der Waals surface area contributed by atoms with Crippen molar-refractivity contribution in [3.8, 4) is 0 Å². The highest BCUT2D eigenvalue weighted by Gasteiger charge is 2.13. The number of rotatable bonds is 5. The first-order valence-electron chi connectivity index (χ1n) is 7.77. The fraction of sp³-hybridized carbons (Fsp3) is 0.125. The molecule has 4 aromatic rings. The molecule has 2 aromatic heterocycles. The molecule has 10 heteroatoms. The standard InChI is InChI=1S/C16H14N8O2/c1-21-19-15-7-2-12(8-16(15)20-21)9-23(22-10-17-18-11-22)13-3-5-14(6-4-13)24(25)26/h2-8,10-11H,9H2,1H3. The predicted octanol–water partition coefficient (Wildman–Crippen LogP) is 1.94. The lowest BCUT2D eigenvalue weighted by molar-refractivity contribution is -0.384. The summed E-state index contributed by atoms with van der Waals surface area (Å²) in [6.07, 6.45) is 3.14. The van der Waals surface area contributed by atoms with Gasteiger partial charge in [0, 0.05) is 19.2 Å². The van der Waals surface area contributed by atoms with Crippen LogP contribution >= 0.6 is 0 Å². The molecule has 2 aromatic carbocycles. The van der Waals surface area contributed by atoms with Crippen LogP contribution in [-0.4, -0.2) is 34.8 Å². The number of nitro groups is 1. The van der Waals surface area contributed by atoms with Crippen molar-refractivity contribution in [2.75, 3.05) is 5.01 Å². The van der Waals surface area contributed by atoms with Crippen molar-refractivity contribution in [3.63, 3.8) is 0 Å². The first-order chi connectivity index (χ1) is 12.6. The van der Waals surface area contributed by atoms with E-state index in [4.69, 9.17) is 0 Å². The summed E-state index contributed by atoms with van der Waals surface area (Å²) in [7, 11) is 1.78. The lowest BCUT2D eigenvalue weighted by Crippen LogP contribution is -2.27. The van der Waals surface area contributed by atoms with Gasteiger partial charge in [0.2, 0.25) is 0 Å². The second-order valence-electron chi connectivity index (χ2n) is 5.69. The fourth-order valence-electron chi connectivity index (χ4n) is 2.71. The van der Waals surface area contributed by atoms with Gasteiger partial charge >= 0.3 is 0 Å². The molecular formula is C16H14N8O2. The molecule has 0 fully saturated rings. The molecule has 10 nitrogen and oxygen atoms in total. The van der Waals surface area contributed by atoms with Crippen LogP contribution in [0.15, 0.2) is 55.1 Å². The average Bonchev–Trinajstić information content (AvgIpc) is 3.28. The number of hydrogen-bond acceptors (Lipinski definition) is 7. The quantitative estimate of drug-likeness (QED) is 0.400.